The fourth-order valence-electron chi connectivity index (χ4n) is 2.51. The summed E-state index contributed by atoms with van der Waals surface area (Å²) in [5.74, 6) is 0.654. The van der Waals surface area contributed by atoms with Gasteiger partial charge in [0.05, 0.1) is 17.7 Å². The lowest BCUT2D eigenvalue weighted by atomic mass is 10.1. The Bertz CT molecular complexity index is 447. The second-order valence-electron chi connectivity index (χ2n) is 5.09. The topological polar surface area (TPSA) is 41.9 Å². The van der Waals surface area contributed by atoms with Crippen LogP contribution in [-0.4, -0.2) is 42.9 Å². The molecule has 1 aliphatic heterocycles. The molecule has 0 spiro atoms. The van der Waals surface area contributed by atoms with E-state index in [1.807, 2.05) is 12.1 Å². The summed E-state index contributed by atoms with van der Waals surface area (Å²) in [6, 6.07) is 3.83. The number of likely N-dealkylation sites (N-methyl/N-ethyl adjacent to an activating group) is 1. The van der Waals surface area contributed by atoms with Gasteiger partial charge in [0.2, 0.25) is 0 Å². The highest BCUT2D eigenvalue weighted by Gasteiger charge is 2.19. The number of ether oxygens (including phenoxy) is 2. The highest BCUT2D eigenvalue weighted by Crippen LogP contribution is 2.35. The van der Waals surface area contributed by atoms with Crippen molar-refractivity contribution in [3.63, 3.8) is 0 Å². The third kappa shape index (κ3) is 3.87. The molecule has 1 aromatic carbocycles. The minimum atomic E-state index is 0.151. The van der Waals surface area contributed by atoms with Gasteiger partial charge in [0.1, 0.15) is 0 Å². The third-order valence-corrected chi connectivity index (χ3v) is 4.25. The molecule has 1 atom stereocenters. The van der Waals surface area contributed by atoms with E-state index in [-0.39, 0.29) is 5.75 Å². The molecule has 1 fully saturated rings. The lowest BCUT2D eigenvalue weighted by Gasteiger charge is -2.24. The molecule has 0 radical (unpaired) electrons. The zero-order valence-corrected chi connectivity index (χ0v) is 13.6. The van der Waals surface area contributed by atoms with E-state index in [9.17, 15) is 5.11 Å². The second kappa shape index (κ2) is 7.29. The van der Waals surface area contributed by atoms with Crippen LogP contribution in [0.5, 0.6) is 11.5 Å². The standard InChI is InChI=1S/C15H22BrNO3/c1-3-17(10-12-5-4-6-20-12)9-11-7-13(16)15(18)14(8-11)19-2/h7-8,12,18H,3-6,9-10H2,1-2H3. The molecular weight excluding hydrogens is 322 g/mol. The Morgan fingerprint density at radius 2 is 2.30 bits per heavy atom. The van der Waals surface area contributed by atoms with E-state index in [2.05, 4.69) is 27.8 Å². The SMILES string of the molecule is CCN(Cc1cc(Br)c(O)c(OC)c1)CC1CCCO1. The fraction of sp³-hybridized carbons (Fsp3) is 0.600. The van der Waals surface area contributed by atoms with Crippen LogP contribution in [0.3, 0.4) is 0 Å². The molecule has 1 unspecified atom stereocenters. The van der Waals surface area contributed by atoms with Gasteiger partial charge in [0, 0.05) is 19.7 Å². The van der Waals surface area contributed by atoms with Gasteiger partial charge in [-0.2, -0.15) is 0 Å². The van der Waals surface area contributed by atoms with Crippen molar-refractivity contribution in [1.29, 1.82) is 0 Å². The molecule has 1 N–H and O–H groups in total. The molecule has 1 aliphatic rings. The summed E-state index contributed by atoms with van der Waals surface area (Å²) in [5, 5.41) is 9.84. The molecule has 1 aromatic rings. The Morgan fingerprint density at radius 1 is 1.50 bits per heavy atom. The smallest absolute Gasteiger partial charge is 0.172 e. The van der Waals surface area contributed by atoms with Gasteiger partial charge in [-0.3, -0.25) is 4.90 Å². The summed E-state index contributed by atoms with van der Waals surface area (Å²) < 4.78 is 11.6. The lowest BCUT2D eigenvalue weighted by molar-refractivity contribution is 0.0724. The highest BCUT2D eigenvalue weighted by molar-refractivity contribution is 9.10. The van der Waals surface area contributed by atoms with Gasteiger partial charge in [0.25, 0.3) is 0 Å². The van der Waals surface area contributed by atoms with Crippen molar-refractivity contribution in [3.05, 3.63) is 22.2 Å². The van der Waals surface area contributed by atoms with E-state index in [0.29, 0.717) is 16.3 Å². The number of rotatable bonds is 6. The van der Waals surface area contributed by atoms with Crippen LogP contribution in [-0.2, 0) is 11.3 Å². The summed E-state index contributed by atoms with van der Waals surface area (Å²) in [4.78, 5) is 2.36. The van der Waals surface area contributed by atoms with Gasteiger partial charge in [-0.05, 0) is 53.0 Å². The van der Waals surface area contributed by atoms with Crippen molar-refractivity contribution >= 4 is 15.9 Å². The van der Waals surface area contributed by atoms with Crippen LogP contribution in [0.2, 0.25) is 0 Å². The molecule has 4 nitrogen and oxygen atoms in total. The number of methoxy groups -OCH3 is 1. The van der Waals surface area contributed by atoms with Gasteiger partial charge in [0.15, 0.2) is 11.5 Å². The van der Waals surface area contributed by atoms with Crippen molar-refractivity contribution in [3.8, 4) is 11.5 Å². The molecule has 112 valence electrons. The van der Waals surface area contributed by atoms with Crippen LogP contribution < -0.4 is 4.74 Å². The van der Waals surface area contributed by atoms with Crippen LogP contribution in [0.4, 0.5) is 0 Å². The Hall–Kier alpha value is -0.780. The Morgan fingerprint density at radius 3 is 2.90 bits per heavy atom. The van der Waals surface area contributed by atoms with Crippen molar-refractivity contribution < 1.29 is 14.6 Å². The molecule has 0 saturated carbocycles. The molecule has 2 rings (SSSR count). The molecule has 0 bridgehead atoms. The van der Waals surface area contributed by atoms with E-state index in [1.54, 1.807) is 7.11 Å². The van der Waals surface area contributed by atoms with E-state index < -0.39 is 0 Å². The zero-order valence-electron chi connectivity index (χ0n) is 12.1. The molecule has 0 aromatic heterocycles. The normalized spacial score (nSPS) is 18.7. The maximum absolute atomic E-state index is 9.84. The maximum Gasteiger partial charge on any atom is 0.172 e. The average Bonchev–Trinajstić information content (AvgIpc) is 2.94. The number of benzene rings is 1. The molecule has 20 heavy (non-hydrogen) atoms. The van der Waals surface area contributed by atoms with E-state index >= 15 is 0 Å². The first-order chi connectivity index (χ1) is 9.63. The molecule has 5 heteroatoms. The van der Waals surface area contributed by atoms with E-state index in [0.717, 1.165) is 38.2 Å². The van der Waals surface area contributed by atoms with Crippen molar-refractivity contribution in [2.24, 2.45) is 0 Å². The van der Waals surface area contributed by atoms with Gasteiger partial charge >= 0.3 is 0 Å². The Kier molecular flexibility index (Phi) is 5.69. The van der Waals surface area contributed by atoms with Crippen molar-refractivity contribution in [2.45, 2.75) is 32.4 Å². The molecule has 1 heterocycles. The number of phenolic OH excluding ortho intramolecular Hbond substituents is 1. The Labute approximate surface area is 128 Å². The third-order valence-electron chi connectivity index (χ3n) is 3.65. The highest BCUT2D eigenvalue weighted by atomic mass is 79.9. The summed E-state index contributed by atoms with van der Waals surface area (Å²) in [6.07, 6.45) is 2.68. The van der Waals surface area contributed by atoms with E-state index in [1.165, 1.54) is 6.42 Å². The number of hydrogen-bond donors (Lipinski definition) is 1. The van der Waals surface area contributed by atoms with Crippen LogP contribution in [0.25, 0.3) is 0 Å². The summed E-state index contributed by atoms with van der Waals surface area (Å²) >= 11 is 3.36. The minimum absolute atomic E-state index is 0.151. The first kappa shape index (κ1) is 15.6. The molecular formula is C15H22BrNO3. The van der Waals surface area contributed by atoms with Gasteiger partial charge in [-0.25, -0.2) is 0 Å². The largest absolute Gasteiger partial charge is 0.503 e. The van der Waals surface area contributed by atoms with Crippen LogP contribution in [0, 0.1) is 0 Å². The quantitative estimate of drug-likeness (QED) is 0.861. The predicted molar refractivity (Wildman–Crippen MR) is 82.3 cm³/mol. The number of phenols is 1. The van der Waals surface area contributed by atoms with Gasteiger partial charge < -0.3 is 14.6 Å². The summed E-state index contributed by atoms with van der Waals surface area (Å²) in [7, 11) is 1.56. The lowest BCUT2D eigenvalue weighted by Crippen LogP contribution is -2.31. The summed E-state index contributed by atoms with van der Waals surface area (Å²) in [5.41, 5.74) is 1.12. The Balaban J connectivity index is 2.04. The maximum atomic E-state index is 9.84. The number of aromatic hydroxyl groups is 1. The summed E-state index contributed by atoms with van der Waals surface area (Å²) in [6.45, 7) is 5.80. The fourth-order valence-corrected chi connectivity index (χ4v) is 3.00. The van der Waals surface area contributed by atoms with Crippen LogP contribution in [0.1, 0.15) is 25.3 Å². The van der Waals surface area contributed by atoms with Crippen LogP contribution in [0.15, 0.2) is 16.6 Å². The predicted octanol–water partition coefficient (Wildman–Crippen LogP) is 3.16. The number of hydrogen-bond acceptors (Lipinski definition) is 4. The first-order valence-corrected chi connectivity index (χ1v) is 7.82. The monoisotopic (exact) mass is 343 g/mol. The first-order valence-electron chi connectivity index (χ1n) is 7.03. The second-order valence-corrected chi connectivity index (χ2v) is 5.95. The van der Waals surface area contributed by atoms with Crippen molar-refractivity contribution in [1.82, 2.24) is 4.90 Å². The van der Waals surface area contributed by atoms with Crippen LogP contribution >= 0.6 is 15.9 Å². The average molecular weight is 344 g/mol. The van der Waals surface area contributed by atoms with Gasteiger partial charge in [-0.15, -0.1) is 0 Å². The number of halogens is 1. The molecule has 1 saturated heterocycles. The minimum Gasteiger partial charge on any atom is -0.503 e. The van der Waals surface area contributed by atoms with Gasteiger partial charge in [-0.1, -0.05) is 6.92 Å². The zero-order chi connectivity index (χ0) is 14.5. The number of nitrogens with zero attached hydrogens (tertiary/aromatic N) is 1. The van der Waals surface area contributed by atoms with Crippen molar-refractivity contribution in [2.75, 3.05) is 26.8 Å². The van der Waals surface area contributed by atoms with E-state index in [4.69, 9.17) is 9.47 Å². The molecule has 0 aliphatic carbocycles. The molecule has 0 amide bonds.